The molecule has 3 N–H and O–H groups in total. The first-order valence-electron chi connectivity index (χ1n) is 7.71. The van der Waals surface area contributed by atoms with E-state index < -0.39 is 0 Å². The van der Waals surface area contributed by atoms with Gasteiger partial charge in [-0.25, -0.2) is 0 Å². The van der Waals surface area contributed by atoms with Crippen molar-refractivity contribution >= 4 is 18.3 Å². The van der Waals surface area contributed by atoms with Gasteiger partial charge in [0.05, 0.1) is 6.04 Å². The van der Waals surface area contributed by atoms with Gasteiger partial charge >= 0.3 is 0 Å². The molecule has 0 fully saturated rings. The van der Waals surface area contributed by atoms with E-state index in [2.05, 4.69) is 12.2 Å². The Morgan fingerprint density at radius 3 is 1.79 bits per heavy atom. The van der Waals surface area contributed by atoms with E-state index in [1.807, 2.05) is 0 Å². The van der Waals surface area contributed by atoms with Gasteiger partial charge < -0.3 is 11.1 Å². The van der Waals surface area contributed by atoms with Crippen molar-refractivity contribution in [2.45, 2.75) is 84.1 Å². The maximum atomic E-state index is 11.2. The molecule has 1 amide bonds. The summed E-state index contributed by atoms with van der Waals surface area (Å²) >= 11 is 0. The minimum atomic E-state index is -0.381. The lowest BCUT2D eigenvalue weighted by molar-refractivity contribution is -0.121. The molecule has 0 aliphatic rings. The van der Waals surface area contributed by atoms with Crippen LogP contribution in [0.3, 0.4) is 0 Å². The molecule has 0 bridgehead atoms. The van der Waals surface area contributed by atoms with Crippen LogP contribution in [-0.2, 0) is 4.79 Å². The van der Waals surface area contributed by atoms with E-state index in [4.69, 9.17) is 5.73 Å². The molecule has 19 heavy (non-hydrogen) atoms. The van der Waals surface area contributed by atoms with Crippen LogP contribution in [0.2, 0.25) is 0 Å². The van der Waals surface area contributed by atoms with Crippen LogP contribution in [0.15, 0.2) is 0 Å². The Morgan fingerprint density at radius 1 is 0.947 bits per heavy atom. The maximum Gasteiger partial charge on any atom is 0.236 e. The molecule has 3 nitrogen and oxygen atoms in total. The third-order valence-electron chi connectivity index (χ3n) is 3.24. The summed E-state index contributed by atoms with van der Waals surface area (Å²) in [6.07, 6.45) is 13.2. The molecule has 0 heterocycles. The van der Waals surface area contributed by atoms with E-state index in [1.165, 1.54) is 57.8 Å². The highest BCUT2D eigenvalue weighted by molar-refractivity contribution is 5.85. The number of nitrogens with two attached hydrogens (primary N) is 1. The summed E-state index contributed by atoms with van der Waals surface area (Å²) in [6, 6.07) is -0.381. The first-order valence-corrected chi connectivity index (χ1v) is 7.71. The van der Waals surface area contributed by atoms with Gasteiger partial charge in [0.15, 0.2) is 0 Å². The summed E-state index contributed by atoms with van der Waals surface area (Å²) in [5, 5.41) is 2.84. The van der Waals surface area contributed by atoms with Crippen molar-refractivity contribution in [3.8, 4) is 0 Å². The van der Waals surface area contributed by atoms with Crippen LogP contribution in [0.25, 0.3) is 0 Å². The van der Waals surface area contributed by atoms with Crippen LogP contribution >= 0.6 is 12.4 Å². The van der Waals surface area contributed by atoms with Gasteiger partial charge in [0, 0.05) is 6.54 Å². The van der Waals surface area contributed by atoms with Crippen LogP contribution in [0, 0.1) is 0 Å². The Kier molecular flexibility index (Phi) is 17.5. The maximum absolute atomic E-state index is 11.2. The molecule has 1 atom stereocenters. The molecule has 4 heteroatoms. The van der Waals surface area contributed by atoms with E-state index >= 15 is 0 Å². The second-order valence-corrected chi connectivity index (χ2v) is 5.26. The topological polar surface area (TPSA) is 55.1 Å². The fourth-order valence-electron chi connectivity index (χ4n) is 1.99. The zero-order valence-electron chi connectivity index (χ0n) is 12.7. The largest absolute Gasteiger partial charge is 0.355 e. The standard InChI is InChI=1S/C15H32N2O.ClH/c1-3-4-5-6-7-8-9-10-11-12-13-17-15(18)14(2)16;/h14H,3-13,16H2,1-2H3,(H,17,18);1H. The van der Waals surface area contributed by atoms with E-state index in [1.54, 1.807) is 6.92 Å². The number of nitrogens with one attached hydrogen (secondary N) is 1. The van der Waals surface area contributed by atoms with E-state index in [9.17, 15) is 4.79 Å². The SMILES string of the molecule is CCCCCCCCCCCCNC(=O)C(C)N.Cl. The third-order valence-corrected chi connectivity index (χ3v) is 3.24. The number of carbonyl (C=O) groups excluding carboxylic acids is 1. The molecule has 0 saturated heterocycles. The van der Waals surface area contributed by atoms with E-state index in [-0.39, 0.29) is 24.4 Å². The molecular weight excluding hydrogens is 260 g/mol. The zero-order chi connectivity index (χ0) is 13.6. The van der Waals surface area contributed by atoms with Gasteiger partial charge in [-0.1, -0.05) is 64.7 Å². The summed E-state index contributed by atoms with van der Waals surface area (Å²) in [5.41, 5.74) is 5.45. The van der Waals surface area contributed by atoms with Crippen LogP contribution in [0.4, 0.5) is 0 Å². The lowest BCUT2D eigenvalue weighted by Crippen LogP contribution is -2.38. The number of carbonyl (C=O) groups is 1. The summed E-state index contributed by atoms with van der Waals surface area (Å²) in [4.78, 5) is 11.2. The number of rotatable bonds is 12. The highest BCUT2D eigenvalue weighted by atomic mass is 35.5. The average molecular weight is 293 g/mol. The lowest BCUT2D eigenvalue weighted by Gasteiger charge is -2.07. The minimum absolute atomic E-state index is 0. The smallest absolute Gasteiger partial charge is 0.236 e. The molecule has 0 aromatic heterocycles. The first-order chi connectivity index (χ1) is 8.68. The minimum Gasteiger partial charge on any atom is -0.355 e. The van der Waals surface area contributed by atoms with Gasteiger partial charge in [-0.3, -0.25) is 4.79 Å². The molecule has 1 unspecified atom stereocenters. The summed E-state index contributed by atoms with van der Waals surface area (Å²) in [6.45, 7) is 4.74. The molecule has 0 aromatic rings. The summed E-state index contributed by atoms with van der Waals surface area (Å²) < 4.78 is 0. The van der Waals surface area contributed by atoms with Gasteiger partial charge in [-0.2, -0.15) is 0 Å². The Morgan fingerprint density at radius 2 is 1.37 bits per heavy atom. The van der Waals surface area contributed by atoms with Gasteiger partial charge in [-0.15, -0.1) is 12.4 Å². The van der Waals surface area contributed by atoms with Gasteiger partial charge in [0.25, 0.3) is 0 Å². The van der Waals surface area contributed by atoms with Gasteiger partial charge in [0.2, 0.25) is 5.91 Å². The van der Waals surface area contributed by atoms with Crippen molar-refractivity contribution in [3.63, 3.8) is 0 Å². The Bertz CT molecular complexity index is 199. The Hall–Kier alpha value is -0.280. The van der Waals surface area contributed by atoms with Crippen molar-refractivity contribution in [1.29, 1.82) is 0 Å². The van der Waals surface area contributed by atoms with Crippen molar-refractivity contribution in [1.82, 2.24) is 5.32 Å². The highest BCUT2D eigenvalue weighted by Crippen LogP contribution is 2.10. The number of hydrogen-bond donors (Lipinski definition) is 2. The predicted octanol–water partition coefficient (Wildman–Crippen LogP) is 3.79. The Labute approximate surface area is 125 Å². The quantitative estimate of drug-likeness (QED) is 0.538. The molecular formula is C15H33ClN2O. The number of amides is 1. The van der Waals surface area contributed by atoms with Crippen molar-refractivity contribution in [2.75, 3.05) is 6.54 Å². The van der Waals surface area contributed by atoms with Crippen molar-refractivity contribution in [3.05, 3.63) is 0 Å². The average Bonchev–Trinajstić information content (AvgIpc) is 2.35. The molecule has 0 spiro atoms. The third kappa shape index (κ3) is 15.7. The molecule has 0 rings (SSSR count). The van der Waals surface area contributed by atoms with E-state index in [0.717, 1.165) is 13.0 Å². The normalized spacial score (nSPS) is 11.7. The molecule has 0 aliphatic heterocycles. The summed E-state index contributed by atoms with van der Waals surface area (Å²) in [7, 11) is 0. The van der Waals surface area contributed by atoms with Crippen LogP contribution < -0.4 is 11.1 Å². The Balaban J connectivity index is 0. The first kappa shape index (κ1) is 21.0. The van der Waals surface area contributed by atoms with Gasteiger partial charge in [0.1, 0.15) is 0 Å². The van der Waals surface area contributed by atoms with Crippen LogP contribution in [-0.4, -0.2) is 18.5 Å². The predicted molar refractivity (Wildman–Crippen MR) is 85.8 cm³/mol. The summed E-state index contributed by atoms with van der Waals surface area (Å²) in [5.74, 6) is -0.0362. The number of hydrogen-bond acceptors (Lipinski definition) is 2. The number of unbranched alkanes of at least 4 members (excludes halogenated alkanes) is 9. The van der Waals surface area contributed by atoms with Crippen molar-refractivity contribution < 1.29 is 4.79 Å². The fourth-order valence-corrected chi connectivity index (χ4v) is 1.99. The van der Waals surface area contributed by atoms with Gasteiger partial charge in [-0.05, 0) is 13.3 Å². The molecule has 0 saturated carbocycles. The van der Waals surface area contributed by atoms with Crippen molar-refractivity contribution in [2.24, 2.45) is 5.73 Å². The molecule has 116 valence electrons. The molecule has 0 aliphatic carbocycles. The molecule has 0 aromatic carbocycles. The van der Waals surface area contributed by atoms with Crippen LogP contribution in [0.1, 0.15) is 78.1 Å². The lowest BCUT2D eigenvalue weighted by atomic mass is 10.1. The highest BCUT2D eigenvalue weighted by Gasteiger charge is 2.04. The fraction of sp³-hybridized carbons (Fsp3) is 0.933. The monoisotopic (exact) mass is 292 g/mol. The zero-order valence-corrected chi connectivity index (χ0v) is 13.6. The second-order valence-electron chi connectivity index (χ2n) is 5.26. The van der Waals surface area contributed by atoms with E-state index in [0.29, 0.717) is 0 Å². The second kappa shape index (κ2) is 15.8. The van der Waals surface area contributed by atoms with Crippen LogP contribution in [0.5, 0.6) is 0 Å². The molecule has 0 radical (unpaired) electrons. The number of halogens is 1.